The van der Waals surface area contributed by atoms with Crippen LogP contribution in [0, 0.1) is 5.41 Å². The van der Waals surface area contributed by atoms with Crippen molar-refractivity contribution in [3.05, 3.63) is 11.1 Å². The summed E-state index contributed by atoms with van der Waals surface area (Å²) in [5.41, 5.74) is 0.980. The van der Waals surface area contributed by atoms with E-state index in [1.807, 2.05) is 20.8 Å². The predicted octanol–water partition coefficient (Wildman–Crippen LogP) is 3.19. The Labute approximate surface area is 97.5 Å². The molecule has 3 heteroatoms. The minimum atomic E-state index is -1.28. The molecule has 0 spiro atoms. The van der Waals surface area contributed by atoms with Crippen molar-refractivity contribution in [1.82, 2.24) is 0 Å². The number of carboxylic acid groups (broad SMARTS) is 1. The summed E-state index contributed by atoms with van der Waals surface area (Å²) in [4.78, 5) is 22.8. The van der Waals surface area contributed by atoms with E-state index in [0.717, 1.165) is 18.4 Å². The number of Topliss-reactive ketones (excluding diaryl/α,β-unsaturated/α-hetero) is 1. The summed E-state index contributed by atoms with van der Waals surface area (Å²) in [7, 11) is 0. The lowest BCUT2D eigenvalue weighted by atomic mass is 9.83. The maximum Gasteiger partial charge on any atom is 0.316 e. The van der Waals surface area contributed by atoms with Gasteiger partial charge in [0, 0.05) is 6.42 Å². The number of ketones is 1. The highest BCUT2D eigenvalue weighted by Crippen LogP contribution is 2.24. The summed E-state index contributed by atoms with van der Waals surface area (Å²) in [5.74, 6) is -1.27. The first kappa shape index (κ1) is 14.9. The minimum Gasteiger partial charge on any atom is -0.481 e. The van der Waals surface area contributed by atoms with Crippen molar-refractivity contribution in [3.8, 4) is 0 Å². The molecule has 0 aliphatic rings. The van der Waals surface area contributed by atoms with E-state index < -0.39 is 11.4 Å². The molecule has 92 valence electrons. The van der Waals surface area contributed by atoms with Crippen molar-refractivity contribution in [3.63, 3.8) is 0 Å². The third-order valence-corrected chi connectivity index (χ3v) is 3.17. The largest absolute Gasteiger partial charge is 0.481 e. The second-order valence-electron chi connectivity index (χ2n) is 4.62. The van der Waals surface area contributed by atoms with E-state index in [4.69, 9.17) is 5.11 Å². The van der Waals surface area contributed by atoms with Crippen molar-refractivity contribution in [2.75, 3.05) is 0 Å². The highest BCUT2D eigenvalue weighted by molar-refractivity contribution is 6.03. The van der Waals surface area contributed by atoms with Crippen molar-refractivity contribution >= 4 is 11.8 Å². The number of allylic oxidation sites excluding steroid dienone is 2. The Hall–Kier alpha value is -1.12. The maximum absolute atomic E-state index is 11.9. The summed E-state index contributed by atoms with van der Waals surface area (Å²) in [6, 6.07) is 0. The number of rotatable bonds is 6. The summed E-state index contributed by atoms with van der Waals surface area (Å²) in [5, 5.41) is 8.96. The molecule has 0 aromatic rings. The molecular formula is C13H22O3. The van der Waals surface area contributed by atoms with Crippen LogP contribution in [0.1, 0.15) is 53.9 Å². The lowest BCUT2D eigenvalue weighted by Crippen LogP contribution is -2.33. The van der Waals surface area contributed by atoms with Gasteiger partial charge in [0.05, 0.1) is 0 Å². The van der Waals surface area contributed by atoms with Gasteiger partial charge < -0.3 is 5.11 Å². The number of hydrogen-bond donors (Lipinski definition) is 1. The van der Waals surface area contributed by atoms with Crippen LogP contribution in [0.2, 0.25) is 0 Å². The maximum atomic E-state index is 11.9. The summed E-state index contributed by atoms with van der Waals surface area (Å²) in [6.45, 7) is 8.96. The average molecular weight is 226 g/mol. The van der Waals surface area contributed by atoms with Crippen LogP contribution in [0.25, 0.3) is 0 Å². The van der Waals surface area contributed by atoms with Crippen molar-refractivity contribution in [2.24, 2.45) is 5.41 Å². The predicted molar refractivity (Wildman–Crippen MR) is 64.3 cm³/mol. The average Bonchev–Trinajstić information content (AvgIpc) is 2.23. The molecule has 0 atom stereocenters. The van der Waals surface area contributed by atoms with Crippen LogP contribution in [0.4, 0.5) is 0 Å². The molecule has 0 aromatic carbocycles. The molecule has 0 radical (unpaired) electrons. The number of carbonyl (C=O) groups is 2. The quantitative estimate of drug-likeness (QED) is 0.559. The zero-order chi connectivity index (χ0) is 12.9. The third-order valence-electron chi connectivity index (χ3n) is 3.17. The Balaban J connectivity index is 4.87. The normalized spacial score (nSPS) is 13.3. The number of aliphatic carboxylic acids is 1. The van der Waals surface area contributed by atoms with Gasteiger partial charge >= 0.3 is 5.97 Å². The fourth-order valence-electron chi connectivity index (χ4n) is 1.36. The molecule has 0 amide bonds. The SMILES string of the molecule is CC/C(C)=C(\CC)CC(=O)C(C)(C)C(=O)O. The van der Waals surface area contributed by atoms with E-state index in [2.05, 4.69) is 0 Å². The highest BCUT2D eigenvalue weighted by atomic mass is 16.4. The first-order valence-electron chi connectivity index (χ1n) is 5.71. The van der Waals surface area contributed by atoms with Gasteiger partial charge in [-0.2, -0.15) is 0 Å². The van der Waals surface area contributed by atoms with E-state index in [1.165, 1.54) is 19.4 Å². The molecule has 0 saturated carbocycles. The smallest absolute Gasteiger partial charge is 0.316 e. The molecule has 3 nitrogen and oxygen atoms in total. The minimum absolute atomic E-state index is 0.218. The first-order valence-corrected chi connectivity index (χ1v) is 5.71. The second kappa shape index (κ2) is 5.83. The van der Waals surface area contributed by atoms with Gasteiger partial charge in [-0.3, -0.25) is 9.59 Å². The van der Waals surface area contributed by atoms with Crippen LogP contribution in [-0.2, 0) is 9.59 Å². The Morgan fingerprint density at radius 2 is 1.62 bits per heavy atom. The Bertz CT molecular complexity index is 311. The van der Waals surface area contributed by atoms with E-state index in [9.17, 15) is 9.59 Å². The fourth-order valence-corrected chi connectivity index (χ4v) is 1.36. The monoisotopic (exact) mass is 226 g/mol. The van der Waals surface area contributed by atoms with Gasteiger partial charge in [-0.05, 0) is 33.6 Å². The van der Waals surface area contributed by atoms with Gasteiger partial charge in [0.2, 0.25) is 0 Å². The second-order valence-corrected chi connectivity index (χ2v) is 4.62. The molecule has 16 heavy (non-hydrogen) atoms. The molecular weight excluding hydrogens is 204 g/mol. The third kappa shape index (κ3) is 3.47. The zero-order valence-corrected chi connectivity index (χ0v) is 10.9. The summed E-state index contributed by atoms with van der Waals surface area (Å²) < 4.78 is 0. The lowest BCUT2D eigenvalue weighted by molar-refractivity contribution is -0.152. The lowest BCUT2D eigenvalue weighted by Gasteiger charge is -2.19. The Morgan fingerprint density at radius 3 is 1.94 bits per heavy atom. The Kier molecular flexibility index (Phi) is 5.42. The van der Waals surface area contributed by atoms with Crippen molar-refractivity contribution < 1.29 is 14.7 Å². The van der Waals surface area contributed by atoms with E-state index >= 15 is 0 Å². The number of hydrogen-bond acceptors (Lipinski definition) is 2. The standard InChI is InChI=1S/C13H22O3/c1-6-9(3)10(7-2)8-11(14)13(4,5)12(15)16/h6-8H2,1-5H3,(H,15,16)/b10-9+. The van der Waals surface area contributed by atoms with Gasteiger partial charge in [-0.25, -0.2) is 0 Å². The van der Waals surface area contributed by atoms with E-state index in [-0.39, 0.29) is 12.2 Å². The zero-order valence-electron chi connectivity index (χ0n) is 10.9. The van der Waals surface area contributed by atoms with Gasteiger partial charge in [-0.1, -0.05) is 25.0 Å². The number of carboxylic acids is 1. The van der Waals surface area contributed by atoms with Crippen molar-refractivity contribution in [1.29, 1.82) is 0 Å². The molecule has 0 heterocycles. The van der Waals surface area contributed by atoms with Crippen LogP contribution in [0.5, 0.6) is 0 Å². The van der Waals surface area contributed by atoms with Crippen LogP contribution >= 0.6 is 0 Å². The fraction of sp³-hybridized carbons (Fsp3) is 0.692. The van der Waals surface area contributed by atoms with Crippen LogP contribution < -0.4 is 0 Å². The van der Waals surface area contributed by atoms with Gasteiger partial charge in [-0.15, -0.1) is 0 Å². The molecule has 0 aromatic heterocycles. The van der Waals surface area contributed by atoms with E-state index in [0.29, 0.717) is 0 Å². The van der Waals surface area contributed by atoms with Gasteiger partial charge in [0.15, 0.2) is 5.78 Å². The number of carbonyl (C=O) groups excluding carboxylic acids is 1. The van der Waals surface area contributed by atoms with Crippen LogP contribution in [0.15, 0.2) is 11.1 Å². The Morgan fingerprint density at radius 1 is 1.12 bits per heavy atom. The van der Waals surface area contributed by atoms with Crippen LogP contribution in [0.3, 0.4) is 0 Å². The van der Waals surface area contributed by atoms with Gasteiger partial charge in [0.25, 0.3) is 0 Å². The van der Waals surface area contributed by atoms with E-state index in [1.54, 1.807) is 0 Å². The molecule has 0 rings (SSSR count). The molecule has 0 bridgehead atoms. The van der Waals surface area contributed by atoms with Crippen LogP contribution in [-0.4, -0.2) is 16.9 Å². The molecule has 0 fully saturated rings. The topological polar surface area (TPSA) is 54.4 Å². The molecule has 0 aliphatic carbocycles. The molecule has 0 aliphatic heterocycles. The van der Waals surface area contributed by atoms with Crippen molar-refractivity contribution in [2.45, 2.75) is 53.9 Å². The summed E-state index contributed by atoms with van der Waals surface area (Å²) in [6.07, 6.45) is 1.97. The molecule has 1 N–H and O–H groups in total. The van der Waals surface area contributed by atoms with Gasteiger partial charge in [0.1, 0.15) is 5.41 Å². The summed E-state index contributed by atoms with van der Waals surface area (Å²) >= 11 is 0. The molecule has 0 saturated heterocycles. The highest BCUT2D eigenvalue weighted by Gasteiger charge is 2.35. The first-order chi connectivity index (χ1) is 7.27. The molecule has 0 unspecified atom stereocenters.